The van der Waals surface area contributed by atoms with Crippen LogP contribution in [0.15, 0.2) is 24.3 Å². The molecule has 0 radical (unpaired) electrons. The summed E-state index contributed by atoms with van der Waals surface area (Å²) in [5.74, 6) is 3.06. The number of anilines is 2. The van der Waals surface area contributed by atoms with Crippen molar-refractivity contribution in [3.8, 4) is 11.5 Å². The van der Waals surface area contributed by atoms with Gasteiger partial charge in [-0.05, 0) is 24.1 Å². The molecular weight excluding hydrogens is 336 g/mol. The quantitative estimate of drug-likeness (QED) is 0.688. The number of aliphatic hydroxyl groups is 1. The topological polar surface area (TPSA) is 97.8 Å². The summed E-state index contributed by atoms with van der Waals surface area (Å²) in [5, 5.41) is 15.4. The Kier molecular flexibility index (Phi) is 5.03. The lowest BCUT2D eigenvalue weighted by Gasteiger charge is -2.13. The van der Waals surface area contributed by atoms with Crippen LogP contribution in [0.4, 0.5) is 11.8 Å². The molecule has 0 saturated carbocycles. The van der Waals surface area contributed by atoms with Gasteiger partial charge in [-0.15, -0.1) is 0 Å². The molecule has 1 aromatic heterocycles. The second kappa shape index (κ2) is 7.76. The number of hydrogen-bond acceptors (Lipinski definition) is 8. The fourth-order valence-electron chi connectivity index (χ4n) is 3.02. The van der Waals surface area contributed by atoms with Gasteiger partial charge in [0.05, 0.1) is 18.9 Å². The van der Waals surface area contributed by atoms with Crippen molar-refractivity contribution in [1.29, 1.82) is 0 Å². The average molecular weight is 358 g/mol. The van der Waals surface area contributed by atoms with Crippen molar-refractivity contribution in [2.24, 2.45) is 0 Å². The van der Waals surface area contributed by atoms with E-state index in [9.17, 15) is 0 Å². The summed E-state index contributed by atoms with van der Waals surface area (Å²) >= 11 is 0. The van der Waals surface area contributed by atoms with E-state index in [1.54, 1.807) is 0 Å². The lowest BCUT2D eigenvalue weighted by atomic mass is 10.0. The van der Waals surface area contributed by atoms with Crippen LogP contribution in [0.5, 0.6) is 11.5 Å². The Labute approximate surface area is 151 Å². The molecule has 2 aromatic rings. The minimum Gasteiger partial charge on any atom is -0.454 e. The highest BCUT2D eigenvalue weighted by Crippen LogP contribution is 2.32. The molecule has 138 valence electrons. The van der Waals surface area contributed by atoms with Gasteiger partial charge in [-0.2, -0.15) is 4.98 Å². The molecule has 4 rings (SSSR count). The molecule has 0 unspecified atom stereocenters. The smallest absolute Gasteiger partial charge is 0.231 e. The first kappa shape index (κ1) is 16.9. The number of ether oxygens (including phenoxy) is 3. The van der Waals surface area contributed by atoms with E-state index in [0.717, 1.165) is 41.6 Å². The van der Waals surface area contributed by atoms with Crippen molar-refractivity contribution >= 4 is 11.8 Å². The van der Waals surface area contributed by atoms with Gasteiger partial charge in [0, 0.05) is 31.7 Å². The molecule has 1 atom stereocenters. The summed E-state index contributed by atoms with van der Waals surface area (Å²) in [7, 11) is 0. The van der Waals surface area contributed by atoms with Gasteiger partial charge in [-0.3, -0.25) is 0 Å². The Balaban J connectivity index is 1.49. The Hall–Kier alpha value is -2.58. The van der Waals surface area contributed by atoms with Gasteiger partial charge < -0.3 is 30.0 Å². The fraction of sp³-hybridized carbons (Fsp3) is 0.444. The second-order valence-electron chi connectivity index (χ2n) is 6.25. The van der Waals surface area contributed by atoms with Crippen molar-refractivity contribution in [1.82, 2.24) is 9.97 Å². The third kappa shape index (κ3) is 3.81. The zero-order valence-electron chi connectivity index (χ0n) is 14.4. The van der Waals surface area contributed by atoms with E-state index in [1.807, 2.05) is 24.3 Å². The molecule has 0 amide bonds. The van der Waals surface area contributed by atoms with Crippen molar-refractivity contribution in [2.75, 3.05) is 43.8 Å². The lowest BCUT2D eigenvalue weighted by Crippen LogP contribution is -2.13. The molecule has 8 heteroatoms. The van der Waals surface area contributed by atoms with Gasteiger partial charge in [0.15, 0.2) is 11.5 Å². The minimum absolute atomic E-state index is 0.0279. The number of benzene rings is 1. The molecule has 0 spiro atoms. The summed E-state index contributed by atoms with van der Waals surface area (Å²) in [6, 6.07) is 7.84. The van der Waals surface area contributed by atoms with Crippen molar-refractivity contribution in [2.45, 2.75) is 18.9 Å². The van der Waals surface area contributed by atoms with Crippen LogP contribution in [-0.4, -0.2) is 48.2 Å². The number of rotatable bonds is 7. The first-order valence-electron chi connectivity index (χ1n) is 8.75. The highest BCUT2D eigenvalue weighted by atomic mass is 16.7. The highest BCUT2D eigenvalue weighted by Gasteiger charge is 2.21. The maximum absolute atomic E-state index is 9.03. The Morgan fingerprint density at radius 1 is 1.12 bits per heavy atom. The van der Waals surface area contributed by atoms with Crippen molar-refractivity contribution in [3.05, 3.63) is 35.5 Å². The number of nitrogens with zero attached hydrogens (tertiary/aromatic N) is 2. The summed E-state index contributed by atoms with van der Waals surface area (Å²) in [4.78, 5) is 9.05. The van der Waals surface area contributed by atoms with E-state index in [4.69, 9.17) is 19.3 Å². The largest absolute Gasteiger partial charge is 0.454 e. The molecule has 1 aromatic carbocycles. The maximum Gasteiger partial charge on any atom is 0.231 e. The first-order chi connectivity index (χ1) is 12.8. The zero-order valence-corrected chi connectivity index (χ0v) is 14.4. The molecule has 3 N–H and O–H groups in total. The molecule has 2 aliphatic rings. The summed E-state index contributed by atoms with van der Waals surface area (Å²) < 4.78 is 16.2. The molecule has 0 bridgehead atoms. The van der Waals surface area contributed by atoms with Gasteiger partial charge in [0.25, 0.3) is 0 Å². The minimum atomic E-state index is 0.0279. The zero-order chi connectivity index (χ0) is 17.8. The molecule has 0 aliphatic carbocycles. The van der Waals surface area contributed by atoms with Crippen LogP contribution < -0.4 is 20.1 Å². The Morgan fingerprint density at radius 3 is 2.88 bits per heavy atom. The summed E-state index contributed by atoms with van der Waals surface area (Å²) in [6.07, 6.45) is 0.956. The van der Waals surface area contributed by atoms with Crippen LogP contribution in [-0.2, 0) is 11.3 Å². The number of aliphatic hydroxyl groups excluding tert-OH is 1. The third-order valence-electron chi connectivity index (χ3n) is 4.40. The lowest BCUT2D eigenvalue weighted by molar-refractivity contribution is 0.174. The third-order valence-corrected chi connectivity index (χ3v) is 4.40. The predicted molar refractivity (Wildman–Crippen MR) is 95.7 cm³/mol. The molecular formula is C18H22N4O4. The average Bonchev–Trinajstić information content (AvgIpc) is 3.35. The predicted octanol–water partition coefficient (Wildman–Crippen LogP) is 1.73. The van der Waals surface area contributed by atoms with Gasteiger partial charge >= 0.3 is 0 Å². The monoisotopic (exact) mass is 358 g/mol. The number of fused-ring (bicyclic) bond motifs is 1. The normalized spacial score (nSPS) is 18.1. The van der Waals surface area contributed by atoms with Gasteiger partial charge in [-0.25, -0.2) is 4.98 Å². The number of hydrogen-bond donors (Lipinski definition) is 3. The number of nitrogens with one attached hydrogen (secondary N) is 2. The van der Waals surface area contributed by atoms with Crippen molar-refractivity contribution < 1.29 is 19.3 Å². The Bertz CT molecular complexity index is 765. The van der Waals surface area contributed by atoms with Crippen LogP contribution in [0.3, 0.4) is 0 Å². The van der Waals surface area contributed by atoms with Crippen LogP contribution >= 0.6 is 0 Å². The van der Waals surface area contributed by atoms with E-state index in [2.05, 4.69) is 20.6 Å². The van der Waals surface area contributed by atoms with E-state index in [0.29, 0.717) is 25.6 Å². The van der Waals surface area contributed by atoms with Gasteiger partial charge in [-0.1, -0.05) is 6.07 Å². The fourth-order valence-corrected chi connectivity index (χ4v) is 3.02. The molecule has 3 heterocycles. The van der Waals surface area contributed by atoms with E-state index in [1.165, 1.54) is 0 Å². The SMILES string of the molecule is OCCNc1nc(NCc2ccc3c(c2)OCO3)cc([C@H]2CCOC2)n1. The van der Waals surface area contributed by atoms with Crippen LogP contribution in [0, 0.1) is 0 Å². The standard InChI is InChI=1S/C18H22N4O4/c23-5-4-19-18-21-14(13-3-6-24-10-13)8-17(22-18)20-9-12-1-2-15-16(7-12)26-11-25-15/h1-2,7-8,13,23H,3-6,9-11H2,(H2,19,20,21,22)/t13-/m0/s1. The first-order valence-corrected chi connectivity index (χ1v) is 8.75. The van der Waals surface area contributed by atoms with Gasteiger partial charge in [0.2, 0.25) is 12.7 Å². The second-order valence-corrected chi connectivity index (χ2v) is 6.25. The van der Waals surface area contributed by atoms with E-state index < -0.39 is 0 Å². The molecule has 1 saturated heterocycles. The van der Waals surface area contributed by atoms with Crippen LogP contribution in [0.25, 0.3) is 0 Å². The van der Waals surface area contributed by atoms with Crippen molar-refractivity contribution in [3.63, 3.8) is 0 Å². The highest BCUT2D eigenvalue weighted by molar-refractivity contribution is 5.47. The van der Waals surface area contributed by atoms with E-state index >= 15 is 0 Å². The Morgan fingerprint density at radius 2 is 2.04 bits per heavy atom. The van der Waals surface area contributed by atoms with Crippen LogP contribution in [0.2, 0.25) is 0 Å². The molecule has 8 nitrogen and oxygen atoms in total. The van der Waals surface area contributed by atoms with Gasteiger partial charge in [0.1, 0.15) is 5.82 Å². The summed E-state index contributed by atoms with van der Waals surface area (Å²) in [6.45, 7) is 2.75. The molecule has 2 aliphatic heterocycles. The summed E-state index contributed by atoms with van der Waals surface area (Å²) in [5.41, 5.74) is 2.02. The van der Waals surface area contributed by atoms with Crippen LogP contribution in [0.1, 0.15) is 23.6 Å². The van der Waals surface area contributed by atoms with E-state index in [-0.39, 0.29) is 19.3 Å². The molecule has 26 heavy (non-hydrogen) atoms. The maximum atomic E-state index is 9.03. The number of aromatic nitrogens is 2. The molecule has 1 fully saturated rings.